The minimum Gasteiger partial charge on any atom is -0.269 e. The molecule has 0 spiro atoms. The number of hydrogen-bond acceptors (Lipinski definition) is 2. The first kappa shape index (κ1) is 8.95. The molecular weight excluding hydrogens is 185 g/mol. The number of hydrogen-bond donors (Lipinski definition) is 2. The molecule has 6 heteroatoms. The van der Waals surface area contributed by atoms with Gasteiger partial charge in [-0.2, -0.15) is 8.42 Å². The van der Waals surface area contributed by atoms with E-state index < -0.39 is 16.1 Å². The summed E-state index contributed by atoms with van der Waals surface area (Å²) < 4.78 is 42.9. The fourth-order valence-corrected chi connectivity index (χ4v) is 1.13. The van der Waals surface area contributed by atoms with Crippen LogP contribution in [-0.2, 0) is 10.3 Å². The van der Waals surface area contributed by atoms with Gasteiger partial charge in [0.25, 0.3) is 0 Å². The van der Waals surface area contributed by atoms with Gasteiger partial charge in [0.2, 0.25) is 0 Å². The standard InChI is InChI=1S/C6H6FNO3S/c7-5-2-1-3-6(4-5)8-12(9,10)11/h1-4,8H,(H,9,10,11). The van der Waals surface area contributed by atoms with Crippen LogP contribution in [0, 0.1) is 5.82 Å². The monoisotopic (exact) mass is 191 g/mol. The van der Waals surface area contributed by atoms with Crippen LogP contribution in [0.1, 0.15) is 0 Å². The average Bonchev–Trinajstić information content (AvgIpc) is 1.82. The molecule has 12 heavy (non-hydrogen) atoms. The van der Waals surface area contributed by atoms with Gasteiger partial charge in [-0.25, -0.2) is 4.39 Å². The van der Waals surface area contributed by atoms with Crippen molar-refractivity contribution in [3.8, 4) is 0 Å². The second-order valence-corrected chi connectivity index (χ2v) is 3.24. The Morgan fingerprint density at radius 2 is 2.08 bits per heavy atom. The zero-order valence-corrected chi connectivity index (χ0v) is 6.68. The largest absolute Gasteiger partial charge is 0.357 e. The Labute approximate surface area is 68.9 Å². The molecule has 1 aromatic rings. The molecule has 0 aliphatic carbocycles. The van der Waals surface area contributed by atoms with Crippen molar-refractivity contribution >= 4 is 16.0 Å². The molecule has 0 radical (unpaired) electrons. The van der Waals surface area contributed by atoms with Crippen molar-refractivity contribution < 1.29 is 17.4 Å². The molecule has 0 unspecified atom stereocenters. The van der Waals surface area contributed by atoms with Crippen molar-refractivity contribution in [2.75, 3.05) is 4.72 Å². The van der Waals surface area contributed by atoms with Gasteiger partial charge in [0.05, 0.1) is 5.69 Å². The lowest BCUT2D eigenvalue weighted by atomic mass is 10.3. The molecule has 0 heterocycles. The maximum absolute atomic E-state index is 12.4. The lowest BCUT2D eigenvalue weighted by molar-refractivity contribution is 0.489. The van der Waals surface area contributed by atoms with E-state index in [1.807, 2.05) is 0 Å². The lowest BCUT2D eigenvalue weighted by Crippen LogP contribution is -2.10. The quantitative estimate of drug-likeness (QED) is 0.686. The Kier molecular flexibility index (Phi) is 2.30. The van der Waals surface area contributed by atoms with E-state index in [9.17, 15) is 12.8 Å². The van der Waals surface area contributed by atoms with Crippen LogP contribution in [0.25, 0.3) is 0 Å². The summed E-state index contributed by atoms with van der Waals surface area (Å²) in [6.45, 7) is 0. The van der Waals surface area contributed by atoms with E-state index in [-0.39, 0.29) is 5.69 Å². The van der Waals surface area contributed by atoms with Gasteiger partial charge in [-0.1, -0.05) is 6.07 Å². The summed E-state index contributed by atoms with van der Waals surface area (Å²) in [5.74, 6) is -0.580. The fourth-order valence-electron chi connectivity index (χ4n) is 0.701. The number of nitrogens with one attached hydrogen (secondary N) is 1. The van der Waals surface area contributed by atoms with Gasteiger partial charge >= 0.3 is 10.3 Å². The van der Waals surface area contributed by atoms with E-state index in [1.165, 1.54) is 12.1 Å². The van der Waals surface area contributed by atoms with Gasteiger partial charge < -0.3 is 0 Å². The summed E-state index contributed by atoms with van der Waals surface area (Å²) in [4.78, 5) is 0. The molecule has 2 N–H and O–H groups in total. The van der Waals surface area contributed by atoms with Gasteiger partial charge in [-0.15, -0.1) is 0 Å². The molecule has 1 rings (SSSR count). The molecule has 0 aromatic heterocycles. The number of anilines is 1. The molecule has 4 nitrogen and oxygen atoms in total. The molecule has 0 aliphatic rings. The summed E-state index contributed by atoms with van der Waals surface area (Å²) in [5, 5.41) is 0. The van der Waals surface area contributed by atoms with Crippen molar-refractivity contribution in [1.82, 2.24) is 0 Å². The highest BCUT2D eigenvalue weighted by Crippen LogP contribution is 2.09. The Balaban J connectivity index is 2.91. The minimum atomic E-state index is -4.31. The van der Waals surface area contributed by atoms with Crippen LogP contribution in [0.3, 0.4) is 0 Å². The summed E-state index contributed by atoms with van der Waals surface area (Å²) in [5.41, 5.74) is -0.0162. The highest BCUT2D eigenvalue weighted by molar-refractivity contribution is 7.87. The highest BCUT2D eigenvalue weighted by atomic mass is 32.2. The van der Waals surface area contributed by atoms with Gasteiger partial charge in [-0.05, 0) is 18.2 Å². The van der Waals surface area contributed by atoms with Crippen LogP contribution in [0.4, 0.5) is 10.1 Å². The van der Waals surface area contributed by atoms with Gasteiger partial charge in [0.1, 0.15) is 5.82 Å². The molecule has 0 atom stereocenters. The Morgan fingerprint density at radius 1 is 1.42 bits per heavy atom. The maximum atomic E-state index is 12.4. The van der Waals surface area contributed by atoms with Gasteiger partial charge in [-0.3, -0.25) is 9.27 Å². The van der Waals surface area contributed by atoms with Crippen LogP contribution in [0.5, 0.6) is 0 Å². The van der Waals surface area contributed by atoms with Crippen molar-refractivity contribution in [2.24, 2.45) is 0 Å². The smallest absolute Gasteiger partial charge is 0.269 e. The highest BCUT2D eigenvalue weighted by Gasteiger charge is 2.03. The van der Waals surface area contributed by atoms with E-state index >= 15 is 0 Å². The summed E-state index contributed by atoms with van der Waals surface area (Å²) in [6.07, 6.45) is 0. The van der Waals surface area contributed by atoms with Crippen LogP contribution < -0.4 is 4.72 Å². The molecule has 0 saturated heterocycles. The second-order valence-electron chi connectivity index (χ2n) is 2.09. The zero-order valence-electron chi connectivity index (χ0n) is 5.86. The predicted molar refractivity (Wildman–Crippen MR) is 41.6 cm³/mol. The number of benzene rings is 1. The molecule has 0 aliphatic heterocycles. The molecule has 0 amide bonds. The summed E-state index contributed by atoms with van der Waals surface area (Å²) in [6, 6.07) is 4.75. The molecule has 0 bridgehead atoms. The first-order chi connectivity index (χ1) is 5.47. The first-order valence-corrected chi connectivity index (χ1v) is 4.42. The molecule has 0 saturated carbocycles. The Bertz CT molecular complexity index is 376. The van der Waals surface area contributed by atoms with E-state index in [4.69, 9.17) is 4.55 Å². The van der Waals surface area contributed by atoms with E-state index in [1.54, 1.807) is 4.72 Å². The molecule has 0 fully saturated rings. The molecule has 1 aromatic carbocycles. The third kappa shape index (κ3) is 2.85. The molecular formula is C6H6FNO3S. The topological polar surface area (TPSA) is 66.4 Å². The van der Waals surface area contributed by atoms with Crippen LogP contribution in [0.15, 0.2) is 24.3 Å². The van der Waals surface area contributed by atoms with Gasteiger partial charge in [0.15, 0.2) is 0 Å². The second kappa shape index (κ2) is 3.08. The lowest BCUT2D eigenvalue weighted by Gasteiger charge is -2.00. The Morgan fingerprint density at radius 3 is 2.58 bits per heavy atom. The van der Waals surface area contributed by atoms with Crippen molar-refractivity contribution in [1.29, 1.82) is 0 Å². The summed E-state index contributed by atoms with van der Waals surface area (Å²) >= 11 is 0. The van der Waals surface area contributed by atoms with Crippen molar-refractivity contribution in [2.45, 2.75) is 0 Å². The van der Waals surface area contributed by atoms with E-state index in [0.29, 0.717) is 0 Å². The van der Waals surface area contributed by atoms with E-state index in [2.05, 4.69) is 0 Å². The maximum Gasteiger partial charge on any atom is 0.357 e. The van der Waals surface area contributed by atoms with Crippen molar-refractivity contribution in [3.63, 3.8) is 0 Å². The third-order valence-electron chi connectivity index (χ3n) is 1.07. The van der Waals surface area contributed by atoms with Crippen LogP contribution in [0.2, 0.25) is 0 Å². The van der Waals surface area contributed by atoms with Gasteiger partial charge in [0, 0.05) is 0 Å². The normalized spacial score (nSPS) is 11.2. The number of halogens is 1. The average molecular weight is 191 g/mol. The fraction of sp³-hybridized carbons (Fsp3) is 0. The first-order valence-electron chi connectivity index (χ1n) is 2.98. The number of rotatable bonds is 2. The SMILES string of the molecule is O=S(=O)(O)Nc1cccc(F)c1. The third-order valence-corrected chi connectivity index (χ3v) is 1.57. The summed E-state index contributed by atoms with van der Waals surface area (Å²) in [7, 11) is -4.31. The van der Waals surface area contributed by atoms with Crippen molar-refractivity contribution in [3.05, 3.63) is 30.1 Å². The predicted octanol–water partition coefficient (Wildman–Crippen LogP) is 1.04. The molecule has 66 valence electrons. The zero-order chi connectivity index (χ0) is 9.19. The van der Waals surface area contributed by atoms with E-state index in [0.717, 1.165) is 12.1 Å². The Hall–Kier alpha value is -1.14. The van der Waals surface area contributed by atoms with Crippen LogP contribution in [-0.4, -0.2) is 13.0 Å². The van der Waals surface area contributed by atoms with Crippen LogP contribution >= 0.6 is 0 Å². The minimum absolute atomic E-state index is 0.0162.